The minimum Gasteiger partial charge on any atom is -0.338 e. The molecule has 136 valence electrons. The lowest BCUT2D eigenvalue weighted by Crippen LogP contribution is -2.49. The fourth-order valence-corrected chi connectivity index (χ4v) is 4.17. The van der Waals surface area contributed by atoms with Gasteiger partial charge >= 0.3 is 0 Å². The van der Waals surface area contributed by atoms with Crippen LogP contribution < -0.4 is 5.73 Å². The van der Waals surface area contributed by atoms with Crippen LogP contribution in [0, 0.1) is 5.92 Å². The smallest absolute Gasteiger partial charge is 0.254 e. The Morgan fingerprint density at radius 1 is 1.24 bits per heavy atom. The molecule has 0 radical (unpaired) electrons. The second-order valence-electron chi connectivity index (χ2n) is 6.96. The second-order valence-corrected chi connectivity index (χ2v) is 7.78. The van der Waals surface area contributed by atoms with Crippen LogP contribution >= 0.6 is 23.2 Å². The van der Waals surface area contributed by atoms with Gasteiger partial charge in [-0.05, 0) is 56.8 Å². The van der Waals surface area contributed by atoms with Crippen molar-refractivity contribution in [3.05, 3.63) is 33.8 Å². The molecule has 25 heavy (non-hydrogen) atoms. The van der Waals surface area contributed by atoms with E-state index in [0.29, 0.717) is 47.6 Å². The number of benzene rings is 1. The summed E-state index contributed by atoms with van der Waals surface area (Å²) in [4.78, 5) is 29.5. The Hall–Kier alpha value is -1.30. The first-order chi connectivity index (χ1) is 11.9. The molecule has 3 unspecified atom stereocenters. The number of likely N-dealkylation sites (tertiary alicyclic amines) is 2. The standard InChI is InChI=1S/C18H23Cl2N3O2/c1-11-7-12(9-21)10-23(11)18(25)16-3-2-6-22(16)17(24)13-4-5-14(19)15(20)8-13/h4-5,8,11-12,16H,2-3,6-7,9-10,21H2,1H3. The van der Waals surface area contributed by atoms with E-state index >= 15 is 0 Å². The highest BCUT2D eigenvalue weighted by Crippen LogP contribution is 2.29. The third kappa shape index (κ3) is 3.64. The minimum absolute atomic E-state index is 0.0364. The fraction of sp³-hybridized carbons (Fsp3) is 0.556. The molecule has 2 heterocycles. The van der Waals surface area contributed by atoms with Crippen molar-refractivity contribution >= 4 is 35.0 Å². The summed E-state index contributed by atoms with van der Waals surface area (Å²) in [6.45, 7) is 3.90. The molecule has 0 bridgehead atoms. The summed E-state index contributed by atoms with van der Waals surface area (Å²) in [5.74, 6) is 0.213. The first-order valence-corrected chi connectivity index (χ1v) is 9.44. The zero-order valence-electron chi connectivity index (χ0n) is 14.3. The largest absolute Gasteiger partial charge is 0.338 e. The molecule has 2 N–H and O–H groups in total. The fourth-order valence-electron chi connectivity index (χ4n) is 3.87. The number of halogens is 2. The van der Waals surface area contributed by atoms with Crippen molar-refractivity contribution < 1.29 is 9.59 Å². The summed E-state index contributed by atoms with van der Waals surface area (Å²) in [6.07, 6.45) is 2.45. The number of carbonyl (C=O) groups excluding carboxylic acids is 2. The minimum atomic E-state index is -0.402. The van der Waals surface area contributed by atoms with Crippen molar-refractivity contribution in [1.82, 2.24) is 9.80 Å². The van der Waals surface area contributed by atoms with Crippen molar-refractivity contribution in [3.63, 3.8) is 0 Å². The SMILES string of the molecule is CC1CC(CN)CN1C(=O)C1CCCN1C(=O)c1ccc(Cl)c(Cl)c1. The molecule has 7 heteroatoms. The third-order valence-corrected chi connectivity index (χ3v) is 5.98. The molecule has 0 spiro atoms. The van der Waals surface area contributed by atoms with Crippen molar-refractivity contribution in [3.8, 4) is 0 Å². The van der Waals surface area contributed by atoms with Crippen LogP contribution in [0.1, 0.15) is 36.5 Å². The van der Waals surface area contributed by atoms with Crippen LogP contribution in [0.3, 0.4) is 0 Å². The first kappa shape index (κ1) is 18.5. The van der Waals surface area contributed by atoms with Crippen molar-refractivity contribution in [1.29, 1.82) is 0 Å². The second kappa shape index (κ2) is 7.52. The summed E-state index contributed by atoms with van der Waals surface area (Å²) in [7, 11) is 0. The maximum atomic E-state index is 13.0. The Balaban J connectivity index is 1.77. The molecule has 0 aromatic heterocycles. The van der Waals surface area contributed by atoms with Gasteiger partial charge in [0, 0.05) is 24.7 Å². The molecule has 1 aromatic rings. The number of rotatable bonds is 3. The third-order valence-electron chi connectivity index (χ3n) is 5.24. The Bertz CT molecular complexity index is 682. The number of hydrogen-bond acceptors (Lipinski definition) is 3. The van der Waals surface area contributed by atoms with Gasteiger partial charge in [0.1, 0.15) is 6.04 Å². The van der Waals surface area contributed by atoms with Gasteiger partial charge in [-0.25, -0.2) is 0 Å². The van der Waals surface area contributed by atoms with E-state index in [1.54, 1.807) is 23.1 Å². The normalized spacial score (nSPS) is 26.3. The molecule has 2 aliphatic heterocycles. The number of nitrogens with zero attached hydrogens (tertiary/aromatic N) is 2. The van der Waals surface area contributed by atoms with E-state index in [0.717, 1.165) is 12.8 Å². The zero-order chi connectivity index (χ0) is 18.1. The number of hydrogen-bond donors (Lipinski definition) is 1. The topological polar surface area (TPSA) is 66.6 Å². The van der Waals surface area contributed by atoms with Gasteiger partial charge in [0.05, 0.1) is 10.0 Å². The quantitative estimate of drug-likeness (QED) is 0.872. The summed E-state index contributed by atoms with van der Waals surface area (Å²) < 4.78 is 0. The predicted octanol–water partition coefficient (Wildman–Crippen LogP) is 2.79. The Morgan fingerprint density at radius 3 is 2.64 bits per heavy atom. The Kier molecular flexibility index (Phi) is 5.56. The molecular weight excluding hydrogens is 361 g/mol. The van der Waals surface area contributed by atoms with Crippen LogP contribution in [0.2, 0.25) is 10.0 Å². The van der Waals surface area contributed by atoms with Crippen LogP contribution in [0.4, 0.5) is 0 Å². The van der Waals surface area contributed by atoms with Crippen LogP contribution in [0.15, 0.2) is 18.2 Å². The van der Waals surface area contributed by atoms with E-state index < -0.39 is 6.04 Å². The zero-order valence-corrected chi connectivity index (χ0v) is 15.8. The molecule has 5 nitrogen and oxygen atoms in total. The summed E-state index contributed by atoms with van der Waals surface area (Å²) in [6, 6.07) is 4.59. The van der Waals surface area contributed by atoms with E-state index in [1.165, 1.54) is 0 Å². The molecule has 2 saturated heterocycles. The highest BCUT2D eigenvalue weighted by molar-refractivity contribution is 6.42. The van der Waals surface area contributed by atoms with E-state index in [4.69, 9.17) is 28.9 Å². The van der Waals surface area contributed by atoms with Gasteiger partial charge in [0.15, 0.2) is 0 Å². The Morgan fingerprint density at radius 2 is 2.00 bits per heavy atom. The number of carbonyl (C=O) groups is 2. The van der Waals surface area contributed by atoms with Crippen molar-refractivity contribution in [2.24, 2.45) is 11.7 Å². The molecule has 1 aromatic carbocycles. The average Bonchev–Trinajstić information content (AvgIpc) is 3.22. The van der Waals surface area contributed by atoms with E-state index in [2.05, 4.69) is 0 Å². The van der Waals surface area contributed by atoms with Gasteiger partial charge in [0.2, 0.25) is 5.91 Å². The summed E-state index contributed by atoms with van der Waals surface area (Å²) in [5.41, 5.74) is 6.23. The van der Waals surface area contributed by atoms with Gasteiger partial charge in [0.25, 0.3) is 5.91 Å². The molecular formula is C18H23Cl2N3O2. The lowest BCUT2D eigenvalue weighted by atomic mass is 10.1. The molecule has 3 atom stereocenters. The maximum absolute atomic E-state index is 13.0. The molecule has 3 rings (SSSR count). The number of amides is 2. The van der Waals surface area contributed by atoms with Gasteiger partial charge in [-0.15, -0.1) is 0 Å². The first-order valence-electron chi connectivity index (χ1n) is 8.69. The lowest BCUT2D eigenvalue weighted by molar-refractivity contribution is -0.135. The summed E-state index contributed by atoms with van der Waals surface area (Å²) >= 11 is 12.0. The van der Waals surface area contributed by atoms with Gasteiger partial charge in [-0.2, -0.15) is 0 Å². The van der Waals surface area contributed by atoms with Crippen LogP contribution in [-0.2, 0) is 4.79 Å². The van der Waals surface area contributed by atoms with E-state index in [1.807, 2.05) is 11.8 Å². The molecule has 2 amide bonds. The maximum Gasteiger partial charge on any atom is 0.254 e. The van der Waals surface area contributed by atoms with Gasteiger partial charge < -0.3 is 15.5 Å². The van der Waals surface area contributed by atoms with Gasteiger partial charge in [-0.1, -0.05) is 23.2 Å². The lowest BCUT2D eigenvalue weighted by Gasteiger charge is -2.30. The van der Waals surface area contributed by atoms with E-state index in [-0.39, 0.29) is 17.9 Å². The summed E-state index contributed by atoms with van der Waals surface area (Å²) in [5, 5.41) is 0.750. The highest BCUT2D eigenvalue weighted by Gasteiger charge is 2.41. The van der Waals surface area contributed by atoms with Gasteiger partial charge in [-0.3, -0.25) is 9.59 Å². The Labute approximate surface area is 158 Å². The predicted molar refractivity (Wildman–Crippen MR) is 98.9 cm³/mol. The van der Waals surface area contributed by atoms with E-state index in [9.17, 15) is 9.59 Å². The monoisotopic (exact) mass is 383 g/mol. The van der Waals surface area contributed by atoms with Crippen LogP contribution in [0.5, 0.6) is 0 Å². The van der Waals surface area contributed by atoms with Crippen molar-refractivity contribution in [2.75, 3.05) is 19.6 Å². The molecule has 2 fully saturated rings. The molecule has 2 aliphatic rings. The van der Waals surface area contributed by atoms with Crippen LogP contribution in [0.25, 0.3) is 0 Å². The average molecular weight is 384 g/mol. The molecule has 0 saturated carbocycles. The van der Waals surface area contributed by atoms with Crippen molar-refractivity contribution in [2.45, 2.75) is 38.3 Å². The van der Waals surface area contributed by atoms with Crippen LogP contribution in [-0.4, -0.2) is 53.3 Å². The highest BCUT2D eigenvalue weighted by atomic mass is 35.5. The molecule has 0 aliphatic carbocycles. The number of nitrogens with two attached hydrogens (primary N) is 1.